The highest BCUT2D eigenvalue weighted by Gasteiger charge is 2.33. The van der Waals surface area contributed by atoms with Crippen LogP contribution in [0.5, 0.6) is 0 Å². The molecule has 0 nitrogen and oxygen atoms in total. The molecule has 0 aliphatic carbocycles. The molecule has 0 heterocycles. The van der Waals surface area contributed by atoms with Gasteiger partial charge in [-0.05, 0) is 20.8 Å². The molecule has 0 fully saturated rings. The average Bonchev–Trinajstić information content (AvgIpc) is 1.25. The monoisotopic (exact) mass is 306 g/mol. The van der Waals surface area contributed by atoms with Crippen molar-refractivity contribution in [3.8, 4) is 0 Å². The van der Waals surface area contributed by atoms with E-state index in [0.717, 1.165) is 0 Å². The summed E-state index contributed by atoms with van der Waals surface area (Å²) in [5.74, 6) is 0. The van der Waals surface area contributed by atoms with Crippen LogP contribution < -0.4 is 0 Å². The van der Waals surface area contributed by atoms with Crippen molar-refractivity contribution in [2.45, 2.75) is 28.3 Å². The van der Waals surface area contributed by atoms with Crippen LogP contribution in [0, 0.1) is 0 Å². The lowest BCUT2D eigenvalue weighted by Gasteiger charge is -2.28. The zero-order valence-corrected chi connectivity index (χ0v) is 9.89. The molecule has 0 saturated heterocycles. The second-order valence-corrected chi connectivity index (χ2v) is 8.58. The minimum absolute atomic E-state index is 0.0208. The van der Waals surface area contributed by atoms with Gasteiger partial charge in [0, 0.05) is 4.32 Å². The smallest absolute Gasteiger partial charge is 0.0835 e. The highest BCUT2D eigenvalue weighted by atomic mass is 79.9. The number of alkyl halides is 3. The third-order valence-electron chi connectivity index (χ3n) is 1.04. The van der Waals surface area contributed by atoms with Gasteiger partial charge in [-0.25, -0.2) is 0 Å². The molecule has 0 aromatic rings. The first-order valence-electron chi connectivity index (χ1n) is 2.32. The maximum Gasteiger partial charge on any atom is 0.0924 e. The van der Waals surface area contributed by atoms with Gasteiger partial charge in [-0.1, -0.05) is 47.8 Å². The average molecular weight is 309 g/mol. The highest BCUT2D eigenvalue weighted by molar-refractivity contribution is 9.26. The lowest BCUT2D eigenvalue weighted by molar-refractivity contribution is 0.697. The first-order valence-corrected chi connectivity index (χ1v) is 4.70. The van der Waals surface area contributed by atoms with E-state index >= 15 is 0 Å². The maximum absolute atomic E-state index is 3.51. The largest absolute Gasteiger partial charge is 0.0924 e. The Hall–Kier alpha value is 1.44. The van der Waals surface area contributed by atoms with Crippen LogP contribution in [0.2, 0.25) is 0 Å². The summed E-state index contributed by atoms with van der Waals surface area (Å²) >= 11 is 10.4. The van der Waals surface area contributed by atoms with E-state index in [2.05, 4.69) is 68.6 Å². The topological polar surface area (TPSA) is 0 Å². The summed E-state index contributed by atoms with van der Waals surface area (Å²) in [6.07, 6.45) is 0. The molecule has 0 atom stereocenters. The summed E-state index contributed by atoms with van der Waals surface area (Å²) in [4.78, 5) is 0. The zero-order chi connectivity index (χ0) is 7.00. The molecular weight excluding hydrogens is 300 g/mol. The second kappa shape index (κ2) is 2.59. The van der Waals surface area contributed by atoms with Crippen LogP contribution in [0.4, 0.5) is 0 Å². The Labute approximate surface area is 75.8 Å². The van der Waals surface area contributed by atoms with Crippen LogP contribution >= 0.6 is 47.8 Å². The van der Waals surface area contributed by atoms with Crippen molar-refractivity contribution in [1.82, 2.24) is 0 Å². The van der Waals surface area contributed by atoms with Gasteiger partial charge in [0.2, 0.25) is 0 Å². The Bertz CT molecular complexity index is 62.7. The number of rotatable bonds is 1. The Balaban J connectivity index is 4.02. The molecule has 3 heteroatoms. The summed E-state index contributed by atoms with van der Waals surface area (Å²) in [5.41, 5.74) is 0. The van der Waals surface area contributed by atoms with E-state index in [-0.39, 0.29) is 7.56 Å². The van der Waals surface area contributed by atoms with E-state index < -0.39 is 0 Å². The predicted octanol–water partition coefficient (Wildman–Crippen LogP) is 3.67. The summed E-state index contributed by atoms with van der Waals surface area (Å²) in [7, 11) is 0. The van der Waals surface area contributed by atoms with Gasteiger partial charge in [0.05, 0.1) is 3.23 Å². The molecule has 0 aromatic carbocycles. The molecule has 8 heavy (non-hydrogen) atoms. The van der Waals surface area contributed by atoms with Crippen molar-refractivity contribution in [1.29, 1.82) is 0 Å². The lowest BCUT2D eigenvalue weighted by atomic mass is 10.2. The number of hydrogen-bond acceptors (Lipinski definition) is 0. The van der Waals surface area contributed by atoms with Crippen molar-refractivity contribution < 1.29 is 0 Å². The highest BCUT2D eigenvalue weighted by Crippen LogP contribution is 2.42. The molecule has 50 valence electrons. The van der Waals surface area contributed by atoms with E-state index in [9.17, 15) is 0 Å². The predicted molar refractivity (Wildman–Crippen MR) is 49.3 cm³/mol. The summed E-state index contributed by atoms with van der Waals surface area (Å²) in [6.45, 7) is 6.24. The van der Waals surface area contributed by atoms with Gasteiger partial charge < -0.3 is 0 Å². The van der Waals surface area contributed by atoms with Crippen LogP contribution in [0.25, 0.3) is 0 Å². The van der Waals surface area contributed by atoms with Crippen molar-refractivity contribution in [2.75, 3.05) is 0 Å². The van der Waals surface area contributed by atoms with E-state index in [1.54, 1.807) is 0 Å². The standard InChI is InChI=1S/C5H9Br3/c1-4(2,6)5(3,7)8/h1-3H3. The first kappa shape index (κ1) is 9.44. The lowest BCUT2D eigenvalue weighted by Crippen LogP contribution is -2.30. The molecule has 0 saturated carbocycles. The van der Waals surface area contributed by atoms with Gasteiger partial charge in [0.15, 0.2) is 0 Å². The molecule has 0 aliphatic heterocycles. The van der Waals surface area contributed by atoms with Gasteiger partial charge in [-0.3, -0.25) is 0 Å². The first-order chi connectivity index (χ1) is 3.25. The Morgan fingerprint density at radius 1 is 0.875 bits per heavy atom. The maximum atomic E-state index is 3.51. The molecule has 0 N–H and O–H groups in total. The van der Waals surface area contributed by atoms with Gasteiger partial charge in [-0.2, -0.15) is 0 Å². The fourth-order valence-electron chi connectivity index (χ4n) is 0. The van der Waals surface area contributed by atoms with Crippen molar-refractivity contribution in [2.24, 2.45) is 0 Å². The van der Waals surface area contributed by atoms with Crippen LogP contribution in [0.3, 0.4) is 0 Å². The summed E-state index contributed by atoms with van der Waals surface area (Å²) in [6, 6.07) is 0. The second-order valence-electron chi connectivity index (χ2n) is 2.36. The van der Waals surface area contributed by atoms with Crippen molar-refractivity contribution in [3.63, 3.8) is 0 Å². The molecule has 0 aromatic heterocycles. The Kier molecular flexibility index (Phi) is 3.05. The van der Waals surface area contributed by atoms with Crippen LogP contribution in [-0.4, -0.2) is 7.56 Å². The molecule has 0 rings (SSSR count). The van der Waals surface area contributed by atoms with Crippen LogP contribution in [0.1, 0.15) is 20.8 Å². The molecule has 0 aliphatic rings. The fourth-order valence-corrected chi connectivity index (χ4v) is 0. The molecule has 0 unspecified atom stereocenters. The molecule has 0 amide bonds. The molecule has 0 spiro atoms. The third kappa shape index (κ3) is 2.83. The SMILES string of the molecule is CC(C)(Br)C(C)(Br)Br. The van der Waals surface area contributed by atoms with Crippen molar-refractivity contribution >= 4 is 47.8 Å². The number of halogens is 3. The van der Waals surface area contributed by atoms with Gasteiger partial charge in [0.1, 0.15) is 0 Å². The minimum atomic E-state index is -0.0208. The van der Waals surface area contributed by atoms with E-state index in [4.69, 9.17) is 0 Å². The molecule has 0 radical (unpaired) electrons. The third-order valence-corrected chi connectivity index (χ3v) is 4.88. The van der Waals surface area contributed by atoms with Gasteiger partial charge >= 0.3 is 0 Å². The zero-order valence-electron chi connectivity index (χ0n) is 5.13. The summed E-state index contributed by atoms with van der Waals surface area (Å²) in [5, 5.41) is 0. The Morgan fingerprint density at radius 2 is 1.00 bits per heavy atom. The summed E-state index contributed by atoms with van der Waals surface area (Å²) < 4.78 is 0.0625. The normalized spacial score (nSPS) is 14.2. The van der Waals surface area contributed by atoms with Crippen LogP contribution in [0.15, 0.2) is 0 Å². The quantitative estimate of drug-likeness (QED) is 0.649. The van der Waals surface area contributed by atoms with E-state index in [0.29, 0.717) is 0 Å². The minimum Gasteiger partial charge on any atom is -0.0835 e. The van der Waals surface area contributed by atoms with Crippen molar-refractivity contribution in [3.05, 3.63) is 0 Å². The van der Waals surface area contributed by atoms with E-state index in [1.807, 2.05) is 0 Å². The van der Waals surface area contributed by atoms with Crippen LogP contribution in [-0.2, 0) is 0 Å². The molecule has 0 bridgehead atoms. The molecular formula is C5H9Br3. The fraction of sp³-hybridized carbons (Fsp3) is 1.00. The van der Waals surface area contributed by atoms with Gasteiger partial charge in [-0.15, -0.1) is 0 Å². The van der Waals surface area contributed by atoms with E-state index in [1.165, 1.54) is 0 Å². The number of hydrogen-bond donors (Lipinski definition) is 0. The Morgan fingerprint density at radius 3 is 1.00 bits per heavy atom. The van der Waals surface area contributed by atoms with Gasteiger partial charge in [0.25, 0.3) is 0 Å².